The molecule has 152 valence electrons. The zero-order valence-corrected chi connectivity index (χ0v) is 17.1. The molecule has 4 rings (SSSR count). The zero-order valence-electron chi connectivity index (χ0n) is 17.1. The van der Waals surface area contributed by atoms with Crippen LogP contribution in [0.25, 0.3) is 11.1 Å². The highest BCUT2D eigenvalue weighted by Gasteiger charge is 2.46. The molecule has 0 unspecified atom stereocenters. The lowest BCUT2D eigenvalue weighted by atomic mass is 9.78. The third-order valence-electron chi connectivity index (χ3n) is 6.62. The quantitative estimate of drug-likeness (QED) is 0.849. The summed E-state index contributed by atoms with van der Waals surface area (Å²) in [6.45, 7) is 1.17. The lowest BCUT2D eigenvalue weighted by molar-refractivity contribution is -0.136. The van der Waals surface area contributed by atoms with Crippen LogP contribution in [-0.4, -0.2) is 41.8 Å². The first-order valence-electron chi connectivity index (χ1n) is 10.6. The van der Waals surface area contributed by atoms with Crippen LogP contribution in [0.3, 0.4) is 0 Å². The van der Waals surface area contributed by atoms with Crippen molar-refractivity contribution in [1.82, 2.24) is 15.2 Å². The highest BCUT2D eigenvalue weighted by atomic mass is 16.2. The van der Waals surface area contributed by atoms with Gasteiger partial charge in [0.2, 0.25) is 11.8 Å². The number of aromatic nitrogens is 1. The summed E-state index contributed by atoms with van der Waals surface area (Å²) in [5.41, 5.74) is 2.78. The van der Waals surface area contributed by atoms with Crippen LogP contribution >= 0.6 is 0 Å². The van der Waals surface area contributed by atoms with E-state index in [0.717, 1.165) is 42.4 Å². The summed E-state index contributed by atoms with van der Waals surface area (Å²) in [7, 11) is 1.69. The summed E-state index contributed by atoms with van der Waals surface area (Å²) < 4.78 is 0. The molecule has 0 spiro atoms. The fourth-order valence-corrected chi connectivity index (χ4v) is 5.02. The standard InChI is InChI=1S/C24H29N3O2/c1-25-23(29)24(12-15-27(17-24)22(28)19-6-2-3-7-19)16-20-8-4-5-9-21(20)18-10-13-26-14-11-18/h4-5,8-11,13-14,19H,2-3,6-7,12,15-17H2,1H3,(H,25,29)/t24-/m1/s1. The largest absolute Gasteiger partial charge is 0.359 e. The van der Waals surface area contributed by atoms with Gasteiger partial charge in [0, 0.05) is 38.4 Å². The fourth-order valence-electron chi connectivity index (χ4n) is 5.02. The minimum absolute atomic E-state index is 0.0313. The highest BCUT2D eigenvalue weighted by molar-refractivity contribution is 5.86. The van der Waals surface area contributed by atoms with E-state index in [1.165, 1.54) is 0 Å². The summed E-state index contributed by atoms with van der Waals surface area (Å²) >= 11 is 0. The summed E-state index contributed by atoms with van der Waals surface area (Å²) in [5, 5.41) is 2.87. The number of nitrogens with zero attached hydrogens (tertiary/aromatic N) is 2. The van der Waals surface area contributed by atoms with Gasteiger partial charge in [-0.1, -0.05) is 37.1 Å². The Morgan fingerprint density at radius 3 is 2.59 bits per heavy atom. The third kappa shape index (κ3) is 3.91. The topological polar surface area (TPSA) is 62.3 Å². The van der Waals surface area contributed by atoms with E-state index in [1.807, 2.05) is 29.2 Å². The van der Waals surface area contributed by atoms with Gasteiger partial charge in [-0.25, -0.2) is 0 Å². The van der Waals surface area contributed by atoms with Gasteiger partial charge in [-0.3, -0.25) is 14.6 Å². The third-order valence-corrected chi connectivity index (χ3v) is 6.62. The van der Waals surface area contributed by atoms with E-state index in [1.54, 1.807) is 19.4 Å². The summed E-state index contributed by atoms with van der Waals surface area (Å²) in [5.74, 6) is 0.430. The number of amides is 2. The van der Waals surface area contributed by atoms with Crippen molar-refractivity contribution in [2.75, 3.05) is 20.1 Å². The number of hydrogen-bond donors (Lipinski definition) is 1. The van der Waals surface area contributed by atoms with Crippen molar-refractivity contribution in [3.8, 4) is 11.1 Å². The smallest absolute Gasteiger partial charge is 0.228 e. The van der Waals surface area contributed by atoms with Crippen molar-refractivity contribution in [2.45, 2.75) is 38.5 Å². The van der Waals surface area contributed by atoms with Crippen LogP contribution in [0.2, 0.25) is 0 Å². The maximum absolute atomic E-state index is 13.0. The van der Waals surface area contributed by atoms with Crippen molar-refractivity contribution in [3.05, 3.63) is 54.4 Å². The summed E-state index contributed by atoms with van der Waals surface area (Å²) in [6, 6.07) is 12.2. The van der Waals surface area contributed by atoms with E-state index >= 15 is 0 Å². The maximum atomic E-state index is 13.0. The molecule has 2 aromatic rings. The number of likely N-dealkylation sites (tertiary alicyclic amines) is 1. The van der Waals surface area contributed by atoms with Gasteiger partial charge in [0.25, 0.3) is 0 Å². The van der Waals surface area contributed by atoms with Gasteiger partial charge < -0.3 is 10.2 Å². The molecule has 1 atom stereocenters. The molecule has 2 amide bonds. The molecule has 1 aliphatic heterocycles. The Hall–Kier alpha value is -2.69. The number of benzene rings is 1. The minimum Gasteiger partial charge on any atom is -0.359 e. The molecule has 0 radical (unpaired) electrons. The Bertz CT molecular complexity index is 877. The molecule has 1 aliphatic carbocycles. The van der Waals surface area contributed by atoms with Gasteiger partial charge in [-0.2, -0.15) is 0 Å². The molecule has 1 saturated carbocycles. The van der Waals surface area contributed by atoms with Crippen LogP contribution in [0.15, 0.2) is 48.8 Å². The molecule has 0 bridgehead atoms. The zero-order chi connectivity index (χ0) is 20.3. The van der Waals surface area contributed by atoms with Crippen LogP contribution in [-0.2, 0) is 16.0 Å². The van der Waals surface area contributed by atoms with Crippen LogP contribution in [0.5, 0.6) is 0 Å². The Morgan fingerprint density at radius 2 is 1.86 bits per heavy atom. The van der Waals surface area contributed by atoms with E-state index in [2.05, 4.69) is 22.4 Å². The number of nitrogens with one attached hydrogen (secondary N) is 1. The summed E-state index contributed by atoms with van der Waals surface area (Å²) in [4.78, 5) is 32.1. The van der Waals surface area contributed by atoms with Gasteiger partial charge >= 0.3 is 0 Å². The van der Waals surface area contributed by atoms with Crippen molar-refractivity contribution in [3.63, 3.8) is 0 Å². The average Bonchev–Trinajstić information content (AvgIpc) is 3.45. The van der Waals surface area contributed by atoms with Crippen LogP contribution in [0.4, 0.5) is 0 Å². The molecule has 5 heteroatoms. The number of carbonyl (C=O) groups excluding carboxylic acids is 2. The maximum Gasteiger partial charge on any atom is 0.228 e. The summed E-state index contributed by atoms with van der Waals surface area (Å²) in [6.07, 6.45) is 9.18. The SMILES string of the molecule is CNC(=O)[C@@]1(Cc2ccccc2-c2ccncc2)CCN(C(=O)C2CCCC2)C1. The molecular weight excluding hydrogens is 362 g/mol. The lowest BCUT2D eigenvalue weighted by Crippen LogP contribution is -2.44. The predicted octanol–water partition coefficient (Wildman–Crippen LogP) is 3.45. The second-order valence-corrected chi connectivity index (χ2v) is 8.42. The Balaban J connectivity index is 1.61. The van der Waals surface area contributed by atoms with E-state index < -0.39 is 5.41 Å². The van der Waals surface area contributed by atoms with Crippen LogP contribution in [0.1, 0.15) is 37.7 Å². The monoisotopic (exact) mass is 391 g/mol. The average molecular weight is 392 g/mol. The minimum atomic E-state index is -0.577. The molecule has 1 aromatic carbocycles. The van der Waals surface area contributed by atoms with Gasteiger partial charge in [-0.05, 0) is 54.5 Å². The van der Waals surface area contributed by atoms with Gasteiger partial charge in [0.05, 0.1) is 5.41 Å². The van der Waals surface area contributed by atoms with E-state index in [4.69, 9.17) is 0 Å². The van der Waals surface area contributed by atoms with Gasteiger partial charge in [-0.15, -0.1) is 0 Å². The number of hydrogen-bond acceptors (Lipinski definition) is 3. The second-order valence-electron chi connectivity index (χ2n) is 8.42. The Kier molecular flexibility index (Phi) is 5.65. The molecule has 5 nitrogen and oxygen atoms in total. The molecule has 2 aliphatic rings. The number of rotatable bonds is 5. The first-order chi connectivity index (χ1) is 14.1. The van der Waals surface area contributed by atoms with E-state index in [-0.39, 0.29) is 17.7 Å². The molecule has 1 aromatic heterocycles. The van der Waals surface area contributed by atoms with E-state index in [9.17, 15) is 9.59 Å². The van der Waals surface area contributed by atoms with Crippen molar-refractivity contribution >= 4 is 11.8 Å². The van der Waals surface area contributed by atoms with Gasteiger partial charge in [0.15, 0.2) is 0 Å². The fraction of sp³-hybridized carbons (Fsp3) is 0.458. The van der Waals surface area contributed by atoms with Crippen molar-refractivity contribution in [1.29, 1.82) is 0 Å². The van der Waals surface area contributed by atoms with Crippen LogP contribution < -0.4 is 5.32 Å². The predicted molar refractivity (Wildman–Crippen MR) is 113 cm³/mol. The molecule has 1 saturated heterocycles. The van der Waals surface area contributed by atoms with Crippen molar-refractivity contribution < 1.29 is 9.59 Å². The first-order valence-corrected chi connectivity index (χ1v) is 10.6. The Morgan fingerprint density at radius 1 is 1.14 bits per heavy atom. The van der Waals surface area contributed by atoms with Crippen molar-refractivity contribution in [2.24, 2.45) is 11.3 Å². The molecular formula is C24H29N3O2. The molecule has 29 heavy (non-hydrogen) atoms. The molecule has 2 fully saturated rings. The molecule has 2 heterocycles. The second kappa shape index (κ2) is 8.36. The lowest BCUT2D eigenvalue weighted by Gasteiger charge is -2.29. The number of carbonyl (C=O) groups is 2. The van der Waals surface area contributed by atoms with Crippen LogP contribution in [0, 0.1) is 11.3 Å². The highest BCUT2D eigenvalue weighted by Crippen LogP contribution is 2.39. The molecule has 1 N–H and O–H groups in total. The number of pyridine rings is 1. The first kappa shape index (κ1) is 19.6. The Labute approximate surface area is 172 Å². The normalized spacial score (nSPS) is 22.0. The van der Waals surface area contributed by atoms with Gasteiger partial charge in [0.1, 0.15) is 0 Å². The van der Waals surface area contributed by atoms with E-state index in [0.29, 0.717) is 25.9 Å².